The molecule has 0 saturated carbocycles. The Hall–Kier alpha value is -0.870. The predicted molar refractivity (Wildman–Crippen MR) is 80.2 cm³/mol. The highest BCUT2D eigenvalue weighted by Crippen LogP contribution is 2.36. The molecule has 17 heavy (non-hydrogen) atoms. The number of hydrogen-bond donors (Lipinski definition) is 0. The molecule has 1 aromatic rings. The zero-order chi connectivity index (χ0) is 12.3. The van der Waals surface area contributed by atoms with Crippen LogP contribution in [0.3, 0.4) is 0 Å². The Kier molecular flexibility index (Phi) is 4.18. The van der Waals surface area contributed by atoms with Gasteiger partial charge in [-0.25, -0.2) is 0 Å². The average Bonchev–Trinajstić information content (AvgIpc) is 2.79. The number of rotatable bonds is 4. The summed E-state index contributed by atoms with van der Waals surface area (Å²) in [6.07, 6.45) is 9.17. The molecule has 1 aliphatic carbocycles. The minimum Gasteiger partial charge on any atom is -0.134 e. The summed E-state index contributed by atoms with van der Waals surface area (Å²) in [5.74, 6) is 0.554. The van der Waals surface area contributed by atoms with Gasteiger partial charge < -0.3 is 0 Å². The molecule has 0 bridgehead atoms. The lowest BCUT2D eigenvalue weighted by atomic mass is 9.89. The molecular formula is C16H21P. The molecule has 0 saturated heterocycles. The monoisotopic (exact) mass is 244 g/mol. The van der Waals surface area contributed by atoms with Crippen molar-refractivity contribution in [1.82, 2.24) is 0 Å². The quantitative estimate of drug-likeness (QED) is 0.685. The Morgan fingerprint density at radius 2 is 2.06 bits per heavy atom. The maximum absolute atomic E-state index is 2.93. The van der Waals surface area contributed by atoms with Crippen LogP contribution in [0.2, 0.25) is 0 Å². The maximum atomic E-state index is 2.93. The summed E-state index contributed by atoms with van der Waals surface area (Å²) in [5.41, 5.74) is 5.01. The molecule has 0 amide bonds. The van der Waals surface area contributed by atoms with E-state index in [4.69, 9.17) is 0 Å². The molecule has 2 rings (SSSR count). The molecule has 3 atom stereocenters. The van der Waals surface area contributed by atoms with E-state index < -0.39 is 0 Å². The van der Waals surface area contributed by atoms with Crippen molar-refractivity contribution in [3.63, 3.8) is 0 Å². The van der Waals surface area contributed by atoms with Crippen LogP contribution in [-0.2, 0) is 6.42 Å². The summed E-state index contributed by atoms with van der Waals surface area (Å²) in [6, 6.07) is 8.83. The summed E-state index contributed by atoms with van der Waals surface area (Å²) < 4.78 is 0. The first-order valence-corrected chi connectivity index (χ1v) is 7.13. The first-order chi connectivity index (χ1) is 8.24. The van der Waals surface area contributed by atoms with Crippen molar-refractivity contribution in [2.75, 3.05) is 0 Å². The average molecular weight is 244 g/mol. The third-order valence-electron chi connectivity index (χ3n) is 3.37. The standard InChI is InChI=1S/C16H21P/c1-3-7-13-8-4-5-9-15(13)16-11-6-10-14(16)12(2)17/h4-6,8-12,14H,3,7,17H2,1-2H3/t12-,14?/m1/s1. The molecule has 0 radical (unpaired) electrons. The van der Waals surface area contributed by atoms with Gasteiger partial charge in [-0.15, -0.1) is 9.24 Å². The van der Waals surface area contributed by atoms with Crippen molar-refractivity contribution in [2.45, 2.75) is 32.3 Å². The fourth-order valence-electron chi connectivity index (χ4n) is 2.51. The molecule has 1 aliphatic rings. The first kappa shape index (κ1) is 12.6. The second kappa shape index (κ2) is 5.65. The number of allylic oxidation sites excluding steroid dienone is 4. The van der Waals surface area contributed by atoms with Gasteiger partial charge in [-0.3, -0.25) is 0 Å². The molecule has 0 heterocycles. The van der Waals surface area contributed by atoms with E-state index in [-0.39, 0.29) is 0 Å². The van der Waals surface area contributed by atoms with Crippen LogP contribution in [0.25, 0.3) is 5.57 Å². The Morgan fingerprint density at radius 3 is 2.76 bits per heavy atom. The minimum atomic E-state index is 0.554. The molecule has 1 aromatic carbocycles. The van der Waals surface area contributed by atoms with Crippen LogP contribution < -0.4 is 0 Å². The molecule has 90 valence electrons. The van der Waals surface area contributed by atoms with Gasteiger partial charge in [0.15, 0.2) is 0 Å². The highest BCUT2D eigenvalue weighted by Gasteiger charge is 2.21. The van der Waals surface area contributed by atoms with Crippen LogP contribution in [-0.4, -0.2) is 5.66 Å². The van der Waals surface area contributed by atoms with Gasteiger partial charge in [0, 0.05) is 5.92 Å². The molecule has 0 fully saturated rings. The summed E-state index contributed by atoms with van der Waals surface area (Å²) in [6.45, 7) is 4.51. The highest BCUT2D eigenvalue weighted by molar-refractivity contribution is 7.17. The van der Waals surface area contributed by atoms with Gasteiger partial charge in [0.2, 0.25) is 0 Å². The van der Waals surface area contributed by atoms with Crippen molar-refractivity contribution >= 4 is 14.8 Å². The van der Waals surface area contributed by atoms with E-state index in [1.807, 2.05) is 0 Å². The summed E-state index contributed by atoms with van der Waals surface area (Å²) in [7, 11) is 2.93. The van der Waals surface area contributed by atoms with Crippen LogP contribution in [0.1, 0.15) is 31.4 Å². The predicted octanol–water partition coefficient (Wildman–Crippen LogP) is 4.47. The Morgan fingerprint density at radius 1 is 1.29 bits per heavy atom. The molecule has 0 spiro atoms. The fourth-order valence-corrected chi connectivity index (χ4v) is 2.85. The van der Waals surface area contributed by atoms with Gasteiger partial charge in [-0.1, -0.05) is 62.8 Å². The van der Waals surface area contributed by atoms with Gasteiger partial charge in [0.1, 0.15) is 0 Å². The van der Waals surface area contributed by atoms with Crippen molar-refractivity contribution in [2.24, 2.45) is 5.92 Å². The SMILES string of the molecule is CCCc1ccccc1C1=CC=CC1[C@@H](C)P. The Balaban J connectivity index is 2.34. The minimum absolute atomic E-state index is 0.554. The zero-order valence-corrected chi connectivity index (χ0v) is 11.8. The van der Waals surface area contributed by atoms with E-state index in [0.717, 1.165) is 0 Å². The molecule has 0 aliphatic heterocycles. The lowest BCUT2D eigenvalue weighted by Gasteiger charge is -2.20. The molecule has 2 unspecified atom stereocenters. The Labute approximate surface area is 107 Å². The van der Waals surface area contributed by atoms with Gasteiger partial charge in [0.05, 0.1) is 0 Å². The van der Waals surface area contributed by atoms with E-state index in [2.05, 4.69) is 65.6 Å². The smallest absolute Gasteiger partial charge is 0.00872 e. The molecular weight excluding hydrogens is 223 g/mol. The zero-order valence-electron chi connectivity index (χ0n) is 10.7. The van der Waals surface area contributed by atoms with Crippen LogP contribution >= 0.6 is 9.24 Å². The summed E-state index contributed by atoms with van der Waals surface area (Å²) in [5, 5.41) is 0. The largest absolute Gasteiger partial charge is 0.134 e. The van der Waals surface area contributed by atoms with Gasteiger partial charge in [-0.05, 0) is 28.8 Å². The van der Waals surface area contributed by atoms with E-state index >= 15 is 0 Å². The van der Waals surface area contributed by atoms with Gasteiger partial charge >= 0.3 is 0 Å². The van der Waals surface area contributed by atoms with Crippen molar-refractivity contribution in [3.8, 4) is 0 Å². The molecule has 0 N–H and O–H groups in total. The third-order valence-corrected chi connectivity index (χ3v) is 3.78. The number of aryl methyl sites for hydroxylation is 1. The Bertz CT molecular complexity index is 441. The lowest BCUT2D eigenvalue weighted by Crippen LogP contribution is -2.09. The lowest BCUT2D eigenvalue weighted by molar-refractivity contribution is 0.819. The van der Waals surface area contributed by atoms with E-state index in [1.165, 1.54) is 29.5 Å². The number of benzene rings is 1. The van der Waals surface area contributed by atoms with Crippen molar-refractivity contribution < 1.29 is 0 Å². The normalized spacial score (nSPS) is 20.4. The fraction of sp³-hybridized carbons (Fsp3) is 0.375. The van der Waals surface area contributed by atoms with Crippen LogP contribution in [0.15, 0.2) is 42.5 Å². The highest BCUT2D eigenvalue weighted by atomic mass is 31.0. The second-order valence-electron chi connectivity index (χ2n) is 4.80. The van der Waals surface area contributed by atoms with Crippen molar-refractivity contribution in [3.05, 3.63) is 53.6 Å². The van der Waals surface area contributed by atoms with Crippen molar-refractivity contribution in [1.29, 1.82) is 0 Å². The van der Waals surface area contributed by atoms with E-state index in [1.54, 1.807) is 0 Å². The molecule has 0 aromatic heterocycles. The van der Waals surface area contributed by atoms with Gasteiger partial charge in [-0.2, -0.15) is 0 Å². The first-order valence-electron chi connectivity index (χ1n) is 6.46. The van der Waals surface area contributed by atoms with Crippen LogP contribution in [0.5, 0.6) is 0 Å². The summed E-state index contributed by atoms with van der Waals surface area (Å²) >= 11 is 0. The summed E-state index contributed by atoms with van der Waals surface area (Å²) in [4.78, 5) is 0. The number of hydrogen-bond acceptors (Lipinski definition) is 0. The second-order valence-corrected chi connectivity index (χ2v) is 5.85. The van der Waals surface area contributed by atoms with E-state index in [9.17, 15) is 0 Å². The van der Waals surface area contributed by atoms with E-state index in [0.29, 0.717) is 11.6 Å². The molecule has 0 nitrogen and oxygen atoms in total. The third kappa shape index (κ3) is 2.69. The van der Waals surface area contributed by atoms with Crippen LogP contribution in [0.4, 0.5) is 0 Å². The topological polar surface area (TPSA) is 0 Å². The van der Waals surface area contributed by atoms with Gasteiger partial charge in [0.25, 0.3) is 0 Å². The molecule has 1 heteroatoms. The maximum Gasteiger partial charge on any atom is 0.00872 e. The van der Waals surface area contributed by atoms with Crippen LogP contribution in [0, 0.1) is 5.92 Å².